The van der Waals surface area contributed by atoms with E-state index in [9.17, 15) is 9.59 Å². The number of amides is 1. The van der Waals surface area contributed by atoms with Crippen molar-refractivity contribution < 1.29 is 19.1 Å². The van der Waals surface area contributed by atoms with Crippen LogP contribution in [0.2, 0.25) is 0 Å². The lowest BCUT2D eigenvalue weighted by atomic mass is 10.2. The van der Waals surface area contributed by atoms with E-state index >= 15 is 0 Å². The highest BCUT2D eigenvalue weighted by atomic mass is 16.6. The first-order valence-electron chi connectivity index (χ1n) is 7.03. The number of hydrogen-bond acceptors (Lipinski definition) is 5. The molecule has 0 N–H and O–H groups in total. The number of carbonyl (C=O) groups excluding carboxylic acids is 2. The SMILES string of the molecule is CCOC(=O)N1CCN(C/C=C(/CC)C(=O)OC)CC1. The molecule has 1 amide bonds. The van der Waals surface area contributed by atoms with Crippen LogP contribution < -0.4 is 0 Å². The zero-order chi connectivity index (χ0) is 15.0. The van der Waals surface area contributed by atoms with Gasteiger partial charge in [0.2, 0.25) is 0 Å². The van der Waals surface area contributed by atoms with Crippen LogP contribution in [0.15, 0.2) is 11.6 Å². The molecule has 1 aliphatic rings. The van der Waals surface area contributed by atoms with E-state index in [0.717, 1.165) is 13.1 Å². The van der Waals surface area contributed by atoms with Gasteiger partial charge in [0.1, 0.15) is 0 Å². The van der Waals surface area contributed by atoms with Crippen molar-refractivity contribution in [2.45, 2.75) is 20.3 Å². The first-order chi connectivity index (χ1) is 9.62. The molecule has 0 bridgehead atoms. The Morgan fingerprint density at radius 2 is 1.80 bits per heavy atom. The molecule has 6 nitrogen and oxygen atoms in total. The van der Waals surface area contributed by atoms with Gasteiger partial charge in [0.05, 0.1) is 13.7 Å². The van der Waals surface area contributed by atoms with Crippen molar-refractivity contribution in [2.75, 3.05) is 46.4 Å². The van der Waals surface area contributed by atoms with Crippen LogP contribution in [0.3, 0.4) is 0 Å². The van der Waals surface area contributed by atoms with Crippen LogP contribution in [0.1, 0.15) is 20.3 Å². The Balaban J connectivity index is 2.40. The summed E-state index contributed by atoms with van der Waals surface area (Å²) in [4.78, 5) is 26.9. The van der Waals surface area contributed by atoms with Crippen LogP contribution in [0, 0.1) is 0 Å². The van der Waals surface area contributed by atoms with E-state index in [0.29, 0.717) is 38.2 Å². The summed E-state index contributed by atoms with van der Waals surface area (Å²) >= 11 is 0. The lowest BCUT2D eigenvalue weighted by Gasteiger charge is -2.33. The minimum absolute atomic E-state index is 0.244. The molecule has 0 unspecified atom stereocenters. The number of nitrogens with zero attached hydrogens (tertiary/aromatic N) is 2. The molecule has 1 aliphatic heterocycles. The molecule has 0 aromatic carbocycles. The molecule has 6 heteroatoms. The van der Waals surface area contributed by atoms with E-state index in [1.54, 1.807) is 11.8 Å². The summed E-state index contributed by atoms with van der Waals surface area (Å²) in [6.45, 7) is 7.73. The van der Waals surface area contributed by atoms with Gasteiger partial charge in [0, 0.05) is 38.3 Å². The van der Waals surface area contributed by atoms with Crippen LogP contribution in [0.5, 0.6) is 0 Å². The van der Waals surface area contributed by atoms with Gasteiger partial charge in [0.15, 0.2) is 0 Å². The summed E-state index contributed by atoms with van der Waals surface area (Å²) in [6.07, 6.45) is 2.33. The molecule has 0 aromatic rings. The van der Waals surface area contributed by atoms with Gasteiger partial charge in [-0.15, -0.1) is 0 Å². The lowest BCUT2D eigenvalue weighted by Crippen LogP contribution is -2.48. The maximum Gasteiger partial charge on any atom is 0.409 e. The van der Waals surface area contributed by atoms with Gasteiger partial charge in [-0.3, -0.25) is 4.90 Å². The molecule has 0 aromatic heterocycles. The van der Waals surface area contributed by atoms with Crippen molar-refractivity contribution in [1.29, 1.82) is 0 Å². The van der Waals surface area contributed by atoms with E-state index < -0.39 is 0 Å². The first-order valence-corrected chi connectivity index (χ1v) is 7.03. The zero-order valence-corrected chi connectivity index (χ0v) is 12.6. The number of ether oxygens (including phenoxy) is 2. The van der Waals surface area contributed by atoms with Crippen LogP contribution in [0.25, 0.3) is 0 Å². The second kappa shape index (κ2) is 8.58. The van der Waals surface area contributed by atoms with Gasteiger partial charge in [-0.25, -0.2) is 9.59 Å². The average Bonchev–Trinajstić information content (AvgIpc) is 2.48. The predicted octanol–water partition coefficient (Wildman–Crippen LogP) is 1.27. The second-order valence-corrected chi connectivity index (χ2v) is 4.56. The number of methoxy groups -OCH3 is 1. The molecule has 0 radical (unpaired) electrons. The van der Waals surface area contributed by atoms with Gasteiger partial charge in [0.25, 0.3) is 0 Å². The van der Waals surface area contributed by atoms with Gasteiger partial charge in [-0.2, -0.15) is 0 Å². The second-order valence-electron chi connectivity index (χ2n) is 4.56. The maximum atomic E-state index is 11.6. The van der Waals surface area contributed by atoms with Crippen molar-refractivity contribution in [1.82, 2.24) is 9.80 Å². The highest BCUT2D eigenvalue weighted by Gasteiger charge is 2.21. The van der Waals surface area contributed by atoms with Gasteiger partial charge in [-0.1, -0.05) is 13.0 Å². The summed E-state index contributed by atoms with van der Waals surface area (Å²) in [7, 11) is 1.39. The van der Waals surface area contributed by atoms with E-state index in [4.69, 9.17) is 9.47 Å². The predicted molar refractivity (Wildman–Crippen MR) is 75.4 cm³/mol. The third-order valence-corrected chi connectivity index (χ3v) is 3.32. The van der Waals surface area contributed by atoms with Crippen LogP contribution in [-0.4, -0.2) is 68.3 Å². The molecule has 1 saturated heterocycles. The van der Waals surface area contributed by atoms with Gasteiger partial charge in [-0.05, 0) is 13.3 Å². The smallest absolute Gasteiger partial charge is 0.409 e. The maximum absolute atomic E-state index is 11.6. The summed E-state index contributed by atoms with van der Waals surface area (Å²) in [5.41, 5.74) is 0.695. The van der Waals surface area contributed by atoms with E-state index in [1.165, 1.54) is 7.11 Å². The van der Waals surface area contributed by atoms with Crippen molar-refractivity contribution in [2.24, 2.45) is 0 Å². The van der Waals surface area contributed by atoms with E-state index in [1.807, 2.05) is 13.0 Å². The number of carbonyl (C=O) groups is 2. The Kier molecular flexibility index (Phi) is 7.08. The fourth-order valence-corrected chi connectivity index (χ4v) is 2.07. The molecule has 0 aliphatic carbocycles. The Labute approximate surface area is 120 Å². The molecule has 0 saturated carbocycles. The van der Waals surface area contributed by atoms with Gasteiger partial charge < -0.3 is 14.4 Å². The number of hydrogen-bond donors (Lipinski definition) is 0. The lowest BCUT2D eigenvalue weighted by molar-refractivity contribution is -0.136. The normalized spacial score (nSPS) is 16.9. The third-order valence-electron chi connectivity index (χ3n) is 3.32. The van der Waals surface area contributed by atoms with Crippen LogP contribution in [-0.2, 0) is 14.3 Å². The molecular formula is C14H24N2O4. The van der Waals surface area contributed by atoms with Gasteiger partial charge >= 0.3 is 12.1 Å². The summed E-state index contributed by atoms with van der Waals surface area (Å²) < 4.78 is 9.70. The minimum atomic E-state index is -0.266. The Hall–Kier alpha value is -1.56. The fourth-order valence-electron chi connectivity index (χ4n) is 2.07. The fraction of sp³-hybridized carbons (Fsp3) is 0.714. The molecule has 0 spiro atoms. The monoisotopic (exact) mass is 284 g/mol. The average molecular weight is 284 g/mol. The van der Waals surface area contributed by atoms with Crippen molar-refractivity contribution in [3.63, 3.8) is 0 Å². The van der Waals surface area contributed by atoms with Crippen LogP contribution >= 0.6 is 0 Å². The molecule has 20 heavy (non-hydrogen) atoms. The van der Waals surface area contributed by atoms with E-state index in [-0.39, 0.29) is 12.1 Å². The molecule has 1 heterocycles. The molecule has 114 valence electrons. The molecule has 1 fully saturated rings. The largest absolute Gasteiger partial charge is 0.466 e. The molecule has 1 rings (SSSR count). The highest BCUT2D eigenvalue weighted by Crippen LogP contribution is 2.07. The number of esters is 1. The summed E-state index contributed by atoms with van der Waals surface area (Å²) in [6, 6.07) is 0. The minimum Gasteiger partial charge on any atom is -0.466 e. The summed E-state index contributed by atoms with van der Waals surface area (Å²) in [5, 5.41) is 0. The Bertz CT molecular complexity index is 360. The standard InChI is InChI=1S/C14H24N2O4/c1-4-12(13(17)19-3)6-7-15-8-10-16(11-9-15)14(18)20-5-2/h6H,4-5,7-11H2,1-3H3/b12-6-. The van der Waals surface area contributed by atoms with Crippen molar-refractivity contribution in [3.05, 3.63) is 11.6 Å². The first kappa shape index (κ1) is 16.5. The van der Waals surface area contributed by atoms with Crippen LogP contribution in [0.4, 0.5) is 4.79 Å². The summed E-state index contributed by atoms with van der Waals surface area (Å²) in [5.74, 6) is -0.266. The zero-order valence-electron chi connectivity index (χ0n) is 12.6. The Morgan fingerprint density at radius 3 is 2.30 bits per heavy atom. The number of rotatable bonds is 5. The third kappa shape index (κ3) is 4.85. The molecule has 0 atom stereocenters. The highest BCUT2D eigenvalue weighted by molar-refractivity contribution is 5.88. The molecular weight excluding hydrogens is 260 g/mol. The Morgan fingerprint density at radius 1 is 1.15 bits per heavy atom. The topological polar surface area (TPSA) is 59.1 Å². The van der Waals surface area contributed by atoms with Crippen molar-refractivity contribution in [3.8, 4) is 0 Å². The van der Waals surface area contributed by atoms with E-state index in [2.05, 4.69) is 4.90 Å². The quantitative estimate of drug-likeness (QED) is 0.562. The van der Waals surface area contributed by atoms with Crippen molar-refractivity contribution >= 4 is 12.1 Å². The number of piperazine rings is 1.